The summed E-state index contributed by atoms with van der Waals surface area (Å²) in [5, 5.41) is 12.4. The van der Waals surface area contributed by atoms with E-state index in [0.717, 1.165) is 48.4 Å². The first-order valence-electron chi connectivity index (χ1n) is 12.2. The lowest BCUT2D eigenvalue weighted by atomic mass is 9.94. The van der Waals surface area contributed by atoms with Crippen LogP contribution in [0.1, 0.15) is 57.1 Å². The highest BCUT2D eigenvalue weighted by atomic mass is 32.2. The zero-order chi connectivity index (χ0) is 27.9. The molecule has 0 aliphatic heterocycles. The van der Waals surface area contributed by atoms with Gasteiger partial charge in [0.2, 0.25) is 0 Å². The molecule has 1 aromatic heterocycles. The Morgan fingerprint density at radius 3 is 2.61 bits per heavy atom. The third-order valence-electron chi connectivity index (χ3n) is 6.24. The van der Waals surface area contributed by atoms with Crippen LogP contribution >= 0.6 is 23.1 Å². The smallest absolute Gasteiger partial charge is 0.416 e. The molecule has 7 nitrogen and oxygen atoms in total. The first-order chi connectivity index (χ1) is 17.9. The summed E-state index contributed by atoms with van der Waals surface area (Å²) in [6.07, 6.45) is 1.52. The fourth-order valence-corrected chi connectivity index (χ4v) is 5.93. The summed E-state index contributed by atoms with van der Waals surface area (Å²) in [4.78, 5) is 30.3. The number of thioether (sulfide) groups is 1. The number of carbonyl (C=O) groups excluding carboxylic acids is 1. The number of hydrogen-bond donors (Lipinski definition) is 2. The normalized spacial score (nSPS) is 14.9. The van der Waals surface area contributed by atoms with Crippen molar-refractivity contribution < 1.29 is 37.0 Å². The van der Waals surface area contributed by atoms with Crippen molar-refractivity contribution in [2.24, 2.45) is 5.41 Å². The number of thiazole rings is 1. The Labute approximate surface area is 227 Å². The maximum atomic E-state index is 13.4. The van der Waals surface area contributed by atoms with E-state index < -0.39 is 28.9 Å². The highest BCUT2D eigenvalue weighted by molar-refractivity contribution is 8.01. The second kappa shape index (κ2) is 13.1. The van der Waals surface area contributed by atoms with Crippen LogP contribution in [0.5, 0.6) is 0 Å². The average molecular weight is 578 g/mol. The van der Waals surface area contributed by atoms with Crippen LogP contribution in [0.2, 0.25) is 0 Å². The standard InChI is InChI=1S/C25H31F4N3O4S2/c1-24(2,21(33)34)15-37-20-13-30-22(38-20)31-23(35)32(18-6-4-3-5-7-18)10-11-36-14-16-8-9-17(26)12-19(16)25(27,28)29/h8-9,12-13,18H,3-7,10-11,14-15H2,1-2H3,(H,33,34)(H,30,31,35). The van der Waals surface area contributed by atoms with E-state index in [1.807, 2.05) is 0 Å². The lowest BCUT2D eigenvalue weighted by Gasteiger charge is -2.34. The molecule has 13 heteroatoms. The predicted octanol–water partition coefficient (Wildman–Crippen LogP) is 6.89. The topological polar surface area (TPSA) is 91.8 Å². The number of carboxylic acid groups (broad SMARTS) is 1. The number of rotatable bonds is 11. The number of carbonyl (C=O) groups is 2. The summed E-state index contributed by atoms with van der Waals surface area (Å²) in [6.45, 7) is 3.07. The van der Waals surface area contributed by atoms with Gasteiger partial charge >= 0.3 is 18.2 Å². The molecule has 210 valence electrons. The molecule has 0 bridgehead atoms. The minimum absolute atomic E-state index is 0.00182. The SMILES string of the molecule is CC(C)(CSc1cnc(NC(=O)N(CCOCc2ccc(F)cc2C(F)(F)F)C2CCCCC2)s1)C(=O)O. The Morgan fingerprint density at radius 2 is 1.95 bits per heavy atom. The van der Waals surface area contributed by atoms with E-state index in [0.29, 0.717) is 17.0 Å². The van der Waals surface area contributed by atoms with Gasteiger partial charge < -0.3 is 14.7 Å². The summed E-state index contributed by atoms with van der Waals surface area (Å²) in [6, 6.07) is 2.05. The van der Waals surface area contributed by atoms with Gasteiger partial charge in [-0.3, -0.25) is 10.1 Å². The fraction of sp³-hybridized carbons (Fsp3) is 0.560. The van der Waals surface area contributed by atoms with Crippen molar-refractivity contribution in [3.63, 3.8) is 0 Å². The van der Waals surface area contributed by atoms with Crippen LogP contribution in [0.4, 0.5) is 27.5 Å². The second-order valence-corrected chi connectivity index (χ2v) is 12.0. The number of carboxylic acids is 1. The van der Waals surface area contributed by atoms with Gasteiger partial charge in [-0.2, -0.15) is 13.2 Å². The highest BCUT2D eigenvalue weighted by Gasteiger charge is 2.34. The molecule has 0 spiro atoms. The second-order valence-electron chi connectivity index (χ2n) is 9.73. The van der Waals surface area contributed by atoms with E-state index >= 15 is 0 Å². The third kappa shape index (κ3) is 8.57. The van der Waals surface area contributed by atoms with E-state index in [2.05, 4.69) is 10.3 Å². The number of aromatic nitrogens is 1. The number of ether oxygens (including phenoxy) is 1. The van der Waals surface area contributed by atoms with Crippen LogP contribution < -0.4 is 5.32 Å². The molecule has 0 radical (unpaired) electrons. The average Bonchev–Trinajstić information content (AvgIpc) is 3.30. The molecule has 1 fully saturated rings. The molecule has 1 aromatic carbocycles. The van der Waals surface area contributed by atoms with Crippen LogP contribution in [-0.4, -0.2) is 51.9 Å². The van der Waals surface area contributed by atoms with E-state index in [-0.39, 0.29) is 37.4 Å². The first-order valence-corrected chi connectivity index (χ1v) is 14.0. The highest BCUT2D eigenvalue weighted by Crippen LogP contribution is 2.34. The summed E-state index contributed by atoms with van der Waals surface area (Å²) in [7, 11) is 0. The summed E-state index contributed by atoms with van der Waals surface area (Å²) < 4.78 is 59.4. The summed E-state index contributed by atoms with van der Waals surface area (Å²) in [5.41, 5.74) is -2.17. The molecule has 0 unspecified atom stereocenters. The lowest BCUT2D eigenvalue weighted by Crippen LogP contribution is -2.45. The molecular formula is C25H31F4N3O4S2. The zero-order valence-corrected chi connectivity index (χ0v) is 22.8. The van der Waals surface area contributed by atoms with Crippen LogP contribution in [0.25, 0.3) is 0 Å². The number of aliphatic carboxylic acids is 1. The number of halogens is 4. The number of urea groups is 1. The number of hydrogen-bond acceptors (Lipinski definition) is 6. The molecule has 3 rings (SSSR count). The van der Waals surface area contributed by atoms with Gasteiger partial charge in [0.05, 0.1) is 34.6 Å². The lowest BCUT2D eigenvalue weighted by molar-refractivity contribution is -0.145. The van der Waals surface area contributed by atoms with E-state index in [1.54, 1.807) is 24.9 Å². The van der Waals surface area contributed by atoms with Crippen LogP contribution in [0.15, 0.2) is 28.6 Å². The van der Waals surface area contributed by atoms with Gasteiger partial charge in [-0.05, 0) is 44.4 Å². The Kier molecular flexibility index (Phi) is 10.4. The largest absolute Gasteiger partial charge is 0.481 e. The minimum atomic E-state index is -4.71. The van der Waals surface area contributed by atoms with Gasteiger partial charge in [0.25, 0.3) is 0 Å². The van der Waals surface area contributed by atoms with Crippen LogP contribution in [0.3, 0.4) is 0 Å². The van der Waals surface area contributed by atoms with Gasteiger partial charge in [0.1, 0.15) is 5.82 Å². The molecule has 2 amide bonds. The van der Waals surface area contributed by atoms with Gasteiger partial charge in [0.15, 0.2) is 5.13 Å². The Hall–Kier alpha value is -2.38. The molecular weight excluding hydrogens is 546 g/mol. The van der Waals surface area contributed by atoms with Crippen LogP contribution in [-0.2, 0) is 22.3 Å². The first kappa shape index (κ1) is 30.2. The van der Waals surface area contributed by atoms with Crippen LogP contribution in [0, 0.1) is 11.2 Å². The summed E-state index contributed by atoms with van der Waals surface area (Å²) >= 11 is 2.59. The quantitative estimate of drug-likeness (QED) is 0.172. The maximum absolute atomic E-state index is 13.4. The third-order valence-corrected chi connectivity index (χ3v) is 8.81. The van der Waals surface area contributed by atoms with Gasteiger partial charge in [-0.15, -0.1) is 11.8 Å². The zero-order valence-electron chi connectivity index (χ0n) is 21.1. The molecule has 1 aliphatic carbocycles. The van der Waals surface area contributed by atoms with Gasteiger partial charge in [-0.1, -0.05) is 36.7 Å². The molecule has 0 saturated heterocycles. The number of alkyl halides is 3. The van der Waals surface area contributed by atoms with Crippen molar-refractivity contribution in [2.45, 2.75) is 69.0 Å². The fourth-order valence-electron chi connectivity index (χ4n) is 3.99. The van der Waals surface area contributed by atoms with Crippen molar-refractivity contribution in [1.29, 1.82) is 0 Å². The van der Waals surface area contributed by atoms with Crippen molar-refractivity contribution in [1.82, 2.24) is 9.88 Å². The monoisotopic (exact) mass is 577 g/mol. The Balaban J connectivity index is 1.60. The predicted molar refractivity (Wildman–Crippen MR) is 138 cm³/mol. The number of nitrogens with zero attached hydrogens (tertiary/aromatic N) is 2. The molecule has 38 heavy (non-hydrogen) atoms. The molecule has 1 saturated carbocycles. The molecule has 1 heterocycles. The van der Waals surface area contributed by atoms with Crippen molar-refractivity contribution in [2.75, 3.05) is 24.2 Å². The maximum Gasteiger partial charge on any atom is 0.416 e. The number of benzene rings is 1. The van der Waals surface area contributed by atoms with Crippen molar-refractivity contribution in [3.05, 3.63) is 41.3 Å². The van der Waals surface area contributed by atoms with Crippen molar-refractivity contribution >= 4 is 40.2 Å². The molecule has 2 N–H and O–H groups in total. The van der Waals surface area contributed by atoms with Gasteiger partial charge in [-0.25, -0.2) is 14.2 Å². The number of nitrogens with one attached hydrogen (secondary N) is 1. The van der Waals surface area contributed by atoms with Gasteiger partial charge in [0, 0.05) is 18.3 Å². The van der Waals surface area contributed by atoms with Crippen molar-refractivity contribution in [3.8, 4) is 0 Å². The minimum Gasteiger partial charge on any atom is -0.481 e. The Bertz CT molecular complexity index is 1100. The Morgan fingerprint density at radius 1 is 1.24 bits per heavy atom. The molecule has 1 aliphatic rings. The summed E-state index contributed by atoms with van der Waals surface area (Å²) in [5.74, 6) is -1.54. The van der Waals surface area contributed by atoms with E-state index in [1.165, 1.54) is 23.1 Å². The number of anilines is 1. The number of amides is 2. The molecule has 2 aromatic rings. The van der Waals surface area contributed by atoms with E-state index in [9.17, 15) is 32.3 Å². The molecule has 0 atom stereocenters. The van der Waals surface area contributed by atoms with E-state index in [4.69, 9.17) is 4.74 Å².